The van der Waals surface area contributed by atoms with Crippen molar-refractivity contribution in [2.45, 2.75) is 43.4 Å². The largest absolute Gasteiger partial charge is 0.326 e. The number of nitrogens with one attached hydrogen (secondary N) is 1. The number of carbonyl (C=O) groups excluding carboxylic acids is 1. The minimum atomic E-state index is -0.265. The number of rotatable bonds is 3. The first-order valence-corrected chi connectivity index (χ1v) is 11.3. The fourth-order valence-corrected chi connectivity index (χ4v) is 7.66. The number of thiazole rings is 1. The summed E-state index contributed by atoms with van der Waals surface area (Å²) in [5, 5.41) is 5.22. The molecule has 0 spiro atoms. The Labute approximate surface area is 172 Å². The molecule has 28 heavy (non-hydrogen) atoms. The molecule has 2 unspecified atom stereocenters. The van der Waals surface area contributed by atoms with Crippen LogP contribution in [-0.4, -0.2) is 20.2 Å². The van der Waals surface area contributed by atoms with Crippen molar-refractivity contribution >= 4 is 39.5 Å². The molecular weight excluding hydrogens is 390 g/mol. The fraction of sp³-hybridized carbons (Fsp3) is 0.455. The van der Waals surface area contributed by atoms with Gasteiger partial charge in [0.15, 0.2) is 4.96 Å². The molecule has 6 heteroatoms. The maximum atomic E-state index is 13.3. The van der Waals surface area contributed by atoms with Crippen molar-refractivity contribution in [1.29, 1.82) is 0 Å². The van der Waals surface area contributed by atoms with Gasteiger partial charge in [-0.15, -0.1) is 22.9 Å². The first kappa shape index (κ1) is 17.0. The Bertz CT molecular complexity index is 1030. The molecule has 3 aromatic rings. The molecule has 0 radical (unpaired) electrons. The molecule has 4 bridgehead atoms. The van der Waals surface area contributed by atoms with Crippen LogP contribution >= 0.6 is 22.9 Å². The highest BCUT2D eigenvalue weighted by molar-refractivity contribution is 7.15. The van der Waals surface area contributed by atoms with E-state index in [4.69, 9.17) is 11.6 Å². The Morgan fingerprint density at radius 2 is 1.93 bits per heavy atom. The van der Waals surface area contributed by atoms with E-state index in [9.17, 15) is 4.79 Å². The van der Waals surface area contributed by atoms with Crippen LogP contribution < -0.4 is 5.32 Å². The minimum absolute atomic E-state index is 0.140. The monoisotopic (exact) mass is 411 g/mol. The first-order valence-electron chi connectivity index (χ1n) is 10.0. The number of nitrogens with zero attached hydrogens (tertiary/aromatic N) is 2. The van der Waals surface area contributed by atoms with E-state index < -0.39 is 0 Å². The van der Waals surface area contributed by atoms with Gasteiger partial charge in [-0.1, -0.05) is 12.1 Å². The summed E-state index contributed by atoms with van der Waals surface area (Å²) in [5.74, 6) is 1.42. The summed E-state index contributed by atoms with van der Waals surface area (Å²) >= 11 is 8.52. The number of benzene rings is 1. The Hall–Kier alpha value is -1.85. The van der Waals surface area contributed by atoms with Crippen LogP contribution in [0.1, 0.15) is 38.5 Å². The van der Waals surface area contributed by atoms with Crippen molar-refractivity contribution in [2.24, 2.45) is 17.3 Å². The van der Waals surface area contributed by atoms with Gasteiger partial charge in [0.1, 0.15) is 0 Å². The van der Waals surface area contributed by atoms with Crippen LogP contribution in [0.3, 0.4) is 0 Å². The summed E-state index contributed by atoms with van der Waals surface area (Å²) in [6, 6.07) is 8.03. The van der Waals surface area contributed by atoms with Crippen LogP contribution in [-0.2, 0) is 4.79 Å². The van der Waals surface area contributed by atoms with Gasteiger partial charge >= 0.3 is 0 Å². The summed E-state index contributed by atoms with van der Waals surface area (Å²) in [4.78, 5) is 18.8. The number of amides is 1. The third kappa shape index (κ3) is 2.63. The van der Waals surface area contributed by atoms with Gasteiger partial charge < -0.3 is 5.32 Å². The zero-order valence-electron chi connectivity index (χ0n) is 15.5. The molecule has 2 aromatic heterocycles. The van der Waals surface area contributed by atoms with Crippen LogP contribution in [0.15, 0.2) is 42.0 Å². The van der Waals surface area contributed by atoms with Gasteiger partial charge in [-0.05, 0) is 62.5 Å². The number of alkyl halides is 1. The lowest BCUT2D eigenvalue weighted by atomic mass is 9.49. The zero-order chi connectivity index (χ0) is 18.9. The maximum absolute atomic E-state index is 13.3. The Balaban J connectivity index is 1.22. The topological polar surface area (TPSA) is 46.4 Å². The van der Waals surface area contributed by atoms with E-state index in [-0.39, 0.29) is 16.2 Å². The molecule has 2 heterocycles. The number of hydrogen-bond donors (Lipinski definition) is 1. The number of imidazole rings is 1. The Morgan fingerprint density at radius 3 is 2.61 bits per heavy atom. The van der Waals surface area contributed by atoms with Crippen molar-refractivity contribution in [3.05, 3.63) is 42.0 Å². The molecule has 0 aliphatic heterocycles. The molecule has 4 aliphatic carbocycles. The molecule has 1 amide bonds. The van der Waals surface area contributed by atoms with E-state index in [1.165, 1.54) is 6.42 Å². The molecular formula is C22H22ClN3OS. The zero-order valence-corrected chi connectivity index (χ0v) is 17.1. The van der Waals surface area contributed by atoms with Crippen LogP contribution in [0, 0.1) is 17.3 Å². The second-order valence-electron chi connectivity index (χ2n) is 9.14. The average molecular weight is 412 g/mol. The second-order valence-corrected chi connectivity index (χ2v) is 10.8. The third-order valence-electron chi connectivity index (χ3n) is 7.00. The molecule has 4 fully saturated rings. The number of fused-ring (bicyclic) bond motifs is 1. The van der Waals surface area contributed by atoms with E-state index in [1.54, 1.807) is 11.3 Å². The predicted molar refractivity (Wildman–Crippen MR) is 113 cm³/mol. The molecule has 4 atom stereocenters. The highest BCUT2D eigenvalue weighted by Gasteiger charge is 2.60. The standard InChI is InChI=1S/C22H22ClN3OS/c23-22-10-14-7-15(11-22)9-21(8-14,13-22)19(27)24-17-3-1-16(2-4-17)18-12-26-5-6-28-20(26)25-18/h1-6,12,14-15H,7-11,13H2,(H,24,27)/t14-,15+,21?,22?. The van der Waals surface area contributed by atoms with Crippen molar-refractivity contribution in [3.8, 4) is 11.3 Å². The van der Waals surface area contributed by atoms with E-state index in [0.29, 0.717) is 11.8 Å². The van der Waals surface area contributed by atoms with E-state index in [0.717, 1.165) is 54.0 Å². The van der Waals surface area contributed by atoms with Gasteiger partial charge in [0.2, 0.25) is 5.91 Å². The lowest BCUT2D eigenvalue weighted by Crippen LogP contribution is -2.57. The molecule has 4 saturated carbocycles. The molecule has 144 valence electrons. The van der Waals surface area contributed by atoms with Gasteiger partial charge in [0.05, 0.1) is 11.1 Å². The van der Waals surface area contributed by atoms with Gasteiger partial charge in [-0.25, -0.2) is 4.98 Å². The van der Waals surface area contributed by atoms with Crippen molar-refractivity contribution < 1.29 is 4.79 Å². The number of hydrogen-bond acceptors (Lipinski definition) is 3. The van der Waals surface area contributed by atoms with Gasteiger partial charge in [-0.3, -0.25) is 9.20 Å². The number of aromatic nitrogens is 2. The number of halogens is 1. The third-order valence-corrected chi connectivity index (χ3v) is 8.22. The van der Waals surface area contributed by atoms with Gasteiger partial charge in [0.25, 0.3) is 0 Å². The summed E-state index contributed by atoms with van der Waals surface area (Å²) in [5.41, 5.74) is 2.60. The quantitative estimate of drug-likeness (QED) is 0.572. The van der Waals surface area contributed by atoms with Gasteiger partial charge in [0, 0.05) is 33.9 Å². The maximum Gasteiger partial charge on any atom is 0.230 e. The van der Waals surface area contributed by atoms with Crippen molar-refractivity contribution in [2.75, 3.05) is 5.32 Å². The SMILES string of the molecule is O=C(Nc1ccc(-c2cn3ccsc3n2)cc1)C12C[C@@H]3C[C@@H](CC(Cl)(C3)C1)C2. The summed E-state index contributed by atoms with van der Waals surface area (Å²) in [6.45, 7) is 0. The Kier molecular flexibility index (Phi) is 3.55. The van der Waals surface area contributed by atoms with Crippen LogP contribution in [0.4, 0.5) is 5.69 Å². The predicted octanol–water partition coefficient (Wildman–Crippen LogP) is 5.58. The summed E-state index contributed by atoms with van der Waals surface area (Å²) < 4.78 is 2.03. The van der Waals surface area contributed by atoms with E-state index in [2.05, 4.69) is 10.3 Å². The minimum Gasteiger partial charge on any atom is -0.326 e. The van der Waals surface area contributed by atoms with Crippen molar-refractivity contribution in [3.63, 3.8) is 0 Å². The summed E-state index contributed by atoms with van der Waals surface area (Å²) in [6.07, 6.45) is 10.4. The fourth-order valence-electron chi connectivity index (χ4n) is 6.27. The lowest BCUT2D eigenvalue weighted by molar-refractivity contribution is -0.138. The Morgan fingerprint density at radius 1 is 1.18 bits per heavy atom. The van der Waals surface area contributed by atoms with E-state index >= 15 is 0 Å². The highest BCUT2D eigenvalue weighted by atomic mass is 35.5. The van der Waals surface area contributed by atoms with E-state index in [1.807, 2.05) is 46.4 Å². The molecule has 4 nitrogen and oxygen atoms in total. The van der Waals surface area contributed by atoms with Crippen LogP contribution in [0.2, 0.25) is 0 Å². The second kappa shape index (κ2) is 5.83. The number of carbonyl (C=O) groups is 1. The van der Waals surface area contributed by atoms with Crippen LogP contribution in [0.5, 0.6) is 0 Å². The molecule has 1 aromatic carbocycles. The highest BCUT2D eigenvalue weighted by Crippen LogP contribution is 2.64. The number of anilines is 1. The molecule has 7 rings (SSSR count). The van der Waals surface area contributed by atoms with Gasteiger partial charge in [-0.2, -0.15) is 0 Å². The lowest BCUT2D eigenvalue weighted by Gasteiger charge is -2.59. The van der Waals surface area contributed by atoms with Crippen LogP contribution in [0.25, 0.3) is 16.2 Å². The summed E-state index contributed by atoms with van der Waals surface area (Å²) in [7, 11) is 0. The first-order chi connectivity index (χ1) is 13.5. The smallest absolute Gasteiger partial charge is 0.230 e. The molecule has 1 N–H and O–H groups in total. The van der Waals surface area contributed by atoms with Crippen molar-refractivity contribution in [1.82, 2.24) is 9.38 Å². The molecule has 0 saturated heterocycles. The average Bonchev–Trinajstić information content (AvgIpc) is 3.22. The normalized spacial score (nSPS) is 33.5. The molecule has 4 aliphatic rings.